The zero-order valence-electron chi connectivity index (χ0n) is 9.83. The fourth-order valence-corrected chi connectivity index (χ4v) is 1.30. The van der Waals surface area contributed by atoms with E-state index in [2.05, 4.69) is 25.8 Å². The average Bonchev–Trinajstić information content (AvgIpc) is 2.96. The minimum absolute atomic E-state index is 0.0462. The van der Waals surface area contributed by atoms with Crippen LogP contribution in [-0.2, 0) is 17.9 Å². The number of rotatable bonds is 5. The molecule has 0 fully saturated rings. The van der Waals surface area contributed by atoms with Crippen LogP contribution >= 0.6 is 0 Å². The van der Waals surface area contributed by atoms with Crippen molar-refractivity contribution in [2.45, 2.75) is 20.0 Å². The molecule has 2 aromatic rings. The summed E-state index contributed by atoms with van der Waals surface area (Å²) in [7, 11) is 0. The van der Waals surface area contributed by atoms with E-state index in [1.165, 1.54) is 0 Å². The lowest BCUT2D eigenvalue weighted by Crippen LogP contribution is -2.29. The topological polar surface area (TPSA) is 125 Å². The molecule has 9 nitrogen and oxygen atoms in total. The Morgan fingerprint density at radius 2 is 2.44 bits per heavy atom. The number of carbonyl (C=O) groups is 1. The van der Waals surface area contributed by atoms with Crippen molar-refractivity contribution < 1.29 is 9.32 Å². The quantitative estimate of drug-likeness (QED) is 0.668. The summed E-state index contributed by atoms with van der Waals surface area (Å²) in [5, 5.41) is 14.0. The van der Waals surface area contributed by atoms with Gasteiger partial charge in [-0.15, -0.1) is 5.10 Å². The third kappa shape index (κ3) is 3.10. The van der Waals surface area contributed by atoms with Crippen LogP contribution in [0.25, 0.3) is 0 Å². The highest BCUT2D eigenvalue weighted by atomic mass is 16.5. The Morgan fingerprint density at radius 1 is 1.61 bits per heavy atom. The van der Waals surface area contributed by atoms with Gasteiger partial charge >= 0.3 is 0 Å². The third-order valence-electron chi connectivity index (χ3n) is 2.11. The highest BCUT2D eigenvalue weighted by molar-refractivity contribution is 5.77. The second-order valence-corrected chi connectivity index (χ2v) is 3.62. The summed E-state index contributed by atoms with van der Waals surface area (Å²) in [6.45, 7) is 2.33. The third-order valence-corrected chi connectivity index (χ3v) is 2.11. The molecule has 0 aliphatic carbocycles. The van der Waals surface area contributed by atoms with Crippen LogP contribution in [0.15, 0.2) is 10.7 Å². The van der Waals surface area contributed by atoms with E-state index in [1.807, 2.05) is 0 Å². The first-order valence-electron chi connectivity index (χ1n) is 5.32. The van der Waals surface area contributed by atoms with Crippen LogP contribution in [0.5, 0.6) is 0 Å². The van der Waals surface area contributed by atoms with E-state index in [-0.39, 0.29) is 12.5 Å². The summed E-state index contributed by atoms with van der Waals surface area (Å²) in [4.78, 5) is 15.0. The Morgan fingerprint density at radius 3 is 3.11 bits per heavy atom. The Labute approximate surface area is 102 Å². The number of nitrogens with two attached hydrogens (primary N) is 1. The number of aromatic nitrogens is 5. The van der Waals surface area contributed by atoms with Crippen LogP contribution in [0, 0.1) is 6.92 Å². The van der Waals surface area contributed by atoms with Crippen LogP contribution in [0.3, 0.4) is 0 Å². The van der Waals surface area contributed by atoms with E-state index < -0.39 is 0 Å². The van der Waals surface area contributed by atoms with Gasteiger partial charge in [-0.3, -0.25) is 4.79 Å². The van der Waals surface area contributed by atoms with Crippen molar-refractivity contribution >= 4 is 5.91 Å². The molecule has 3 N–H and O–H groups in total. The standard InChI is InChI=1S/C9H13N7O2/c1-6-12-9(18-14-6)5-16-4-7(13-15-16)3-11-8(17)2-10/h4H,2-3,5,10H2,1H3,(H,11,17). The maximum Gasteiger partial charge on any atom is 0.248 e. The normalized spacial score (nSPS) is 10.6. The summed E-state index contributed by atoms with van der Waals surface area (Å²) in [5.74, 6) is 0.785. The van der Waals surface area contributed by atoms with Crippen molar-refractivity contribution in [1.82, 2.24) is 30.5 Å². The first-order chi connectivity index (χ1) is 8.67. The molecule has 0 bridgehead atoms. The number of amides is 1. The summed E-state index contributed by atoms with van der Waals surface area (Å²) >= 11 is 0. The van der Waals surface area contributed by atoms with Gasteiger partial charge in [0.15, 0.2) is 5.82 Å². The number of nitrogens with zero attached hydrogens (tertiary/aromatic N) is 5. The first kappa shape index (κ1) is 12.2. The molecule has 18 heavy (non-hydrogen) atoms. The van der Waals surface area contributed by atoms with Crippen molar-refractivity contribution in [3.63, 3.8) is 0 Å². The highest BCUT2D eigenvalue weighted by Crippen LogP contribution is 2.00. The van der Waals surface area contributed by atoms with Crippen LogP contribution in [0.1, 0.15) is 17.4 Å². The molecule has 0 unspecified atom stereocenters. The van der Waals surface area contributed by atoms with E-state index in [1.54, 1.807) is 17.8 Å². The van der Waals surface area contributed by atoms with Crippen molar-refractivity contribution in [3.8, 4) is 0 Å². The molecular weight excluding hydrogens is 238 g/mol. The van der Waals surface area contributed by atoms with E-state index >= 15 is 0 Å². The molecule has 2 heterocycles. The zero-order valence-corrected chi connectivity index (χ0v) is 9.83. The monoisotopic (exact) mass is 251 g/mol. The van der Waals surface area contributed by atoms with Gasteiger partial charge < -0.3 is 15.6 Å². The van der Waals surface area contributed by atoms with Crippen LogP contribution in [0.4, 0.5) is 0 Å². The van der Waals surface area contributed by atoms with Gasteiger partial charge in [0.05, 0.1) is 19.3 Å². The molecule has 0 aliphatic heterocycles. The van der Waals surface area contributed by atoms with E-state index in [4.69, 9.17) is 10.3 Å². The van der Waals surface area contributed by atoms with Crippen LogP contribution < -0.4 is 11.1 Å². The van der Waals surface area contributed by atoms with Crippen molar-refractivity contribution in [3.05, 3.63) is 23.6 Å². The Balaban J connectivity index is 1.91. The molecule has 2 aromatic heterocycles. The predicted molar refractivity (Wildman–Crippen MR) is 59.1 cm³/mol. The van der Waals surface area contributed by atoms with Crippen LogP contribution in [-0.4, -0.2) is 37.6 Å². The summed E-state index contributed by atoms with van der Waals surface area (Å²) in [5.41, 5.74) is 5.80. The second-order valence-electron chi connectivity index (χ2n) is 3.62. The minimum Gasteiger partial charge on any atom is -0.349 e. The fraction of sp³-hybridized carbons (Fsp3) is 0.444. The number of nitrogens with one attached hydrogen (secondary N) is 1. The number of hydrogen-bond acceptors (Lipinski definition) is 7. The van der Waals surface area contributed by atoms with E-state index in [9.17, 15) is 4.79 Å². The zero-order chi connectivity index (χ0) is 13.0. The molecule has 0 saturated heterocycles. The predicted octanol–water partition coefficient (Wildman–Crippen LogP) is -1.41. The molecular formula is C9H13N7O2. The Kier molecular flexibility index (Phi) is 3.63. The molecule has 0 saturated carbocycles. The molecule has 0 radical (unpaired) electrons. The van der Waals surface area contributed by atoms with Gasteiger partial charge in [-0.1, -0.05) is 10.4 Å². The smallest absolute Gasteiger partial charge is 0.248 e. The molecule has 2 rings (SSSR count). The minimum atomic E-state index is -0.239. The second kappa shape index (κ2) is 5.36. The fourth-order valence-electron chi connectivity index (χ4n) is 1.30. The van der Waals surface area contributed by atoms with Gasteiger partial charge in [-0.25, -0.2) is 4.68 Å². The summed E-state index contributed by atoms with van der Waals surface area (Å²) in [6, 6.07) is 0. The molecule has 0 aliphatic rings. The van der Waals surface area contributed by atoms with Crippen molar-refractivity contribution in [2.24, 2.45) is 5.73 Å². The van der Waals surface area contributed by atoms with E-state index in [0.29, 0.717) is 30.5 Å². The van der Waals surface area contributed by atoms with Gasteiger partial charge in [0.25, 0.3) is 0 Å². The molecule has 96 valence electrons. The lowest BCUT2D eigenvalue weighted by Gasteiger charge is -1.98. The van der Waals surface area contributed by atoms with Gasteiger partial charge in [0, 0.05) is 0 Å². The molecule has 0 aromatic carbocycles. The van der Waals surface area contributed by atoms with Crippen molar-refractivity contribution in [2.75, 3.05) is 6.54 Å². The van der Waals surface area contributed by atoms with Gasteiger partial charge in [-0.05, 0) is 6.92 Å². The number of aryl methyl sites for hydroxylation is 1. The van der Waals surface area contributed by atoms with Gasteiger partial charge in [-0.2, -0.15) is 4.98 Å². The molecule has 0 spiro atoms. The molecule has 0 atom stereocenters. The van der Waals surface area contributed by atoms with Gasteiger partial charge in [0.2, 0.25) is 11.8 Å². The van der Waals surface area contributed by atoms with Crippen molar-refractivity contribution in [1.29, 1.82) is 0 Å². The Bertz CT molecular complexity index is 533. The maximum absolute atomic E-state index is 11.0. The Hall–Kier alpha value is -2.29. The number of carbonyl (C=O) groups excluding carboxylic acids is 1. The highest BCUT2D eigenvalue weighted by Gasteiger charge is 2.07. The molecule has 1 amide bonds. The van der Waals surface area contributed by atoms with Crippen LogP contribution in [0.2, 0.25) is 0 Å². The molecule has 9 heteroatoms. The summed E-state index contributed by atoms with van der Waals surface area (Å²) < 4.78 is 6.51. The average molecular weight is 251 g/mol. The maximum atomic E-state index is 11.0. The number of hydrogen-bond donors (Lipinski definition) is 2. The lowest BCUT2D eigenvalue weighted by molar-refractivity contribution is -0.119. The van der Waals surface area contributed by atoms with Gasteiger partial charge in [0.1, 0.15) is 12.2 Å². The van der Waals surface area contributed by atoms with E-state index in [0.717, 1.165) is 0 Å². The SMILES string of the molecule is Cc1noc(Cn2cc(CNC(=O)CN)nn2)n1. The largest absolute Gasteiger partial charge is 0.349 e. The lowest BCUT2D eigenvalue weighted by atomic mass is 10.4. The summed E-state index contributed by atoms with van der Waals surface area (Å²) in [6.07, 6.45) is 1.69. The first-order valence-corrected chi connectivity index (χ1v) is 5.32.